The summed E-state index contributed by atoms with van der Waals surface area (Å²) in [5.74, 6) is -2.35. The Bertz CT molecular complexity index is 712. The molecular weight excluding hydrogens is 322 g/mol. The molecule has 0 unspecified atom stereocenters. The van der Waals surface area contributed by atoms with Gasteiger partial charge in [-0.1, -0.05) is 36.4 Å². The molecule has 0 saturated heterocycles. The zero-order valence-electron chi connectivity index (χ0n) is 13.8. The number of ether oxygens (including phenoxy) is 1. The van der Waals surface area contributed by atoms with Gasteiger partial charge in [0.15, 0.2) is 0 Å². The van der Waals surface area contributed by atoms with Crippen molar-refractivity contribution in [3.63, 3.8) is 0 Å². The molecule has 0 bridgehead atoms. The normalized spacial score (nSPS) is 27.8. The molecule has 25 heavy (non-hydrogen) atoms. The molecule has 1 aromatic rings. The maximum Gasteiger partial charge on any atom is 0.310 e. The van der Waals surface area contributed by atoms with Crippen LogP contribution in [0, 0.1) is 5.92 Å². The lowest BCUT2D eigenvalue weighted by Gasteiger charge is -2.24. The smallest absolute Gasteiger partial charge is 0.310 e. The highest BCUT2D eigenvalue weighted by atomic mass is 16.5. The number of allylic oxidation sites excluding steroid dienone is 2. The molecule has 0 aromatic heterocycles. The van der Waals surface area contributed by atoms with Gasteiger partial charge in [-0.3, -0.25) is 14.4 Å². The van der Waals surface area contributed by atoms with E-state index in [-0.39, 0.29) is 18.4 Å². The molecule has 0 radical (unpaired) electrons. The third-order valence-electron chi connectivity index (χ3n) is 4.65. The van der Waals surface area contributed by atoms with E-state index in [2.05, 4.69) is 5.32 Å². The van der Waals surface area contributed by atoms with Crippen LogP contribution in [0.15, 0.2) is 36.4 Å². The van der Waals surface area contributed by atoms with Crippen LogP contribution in [0.3, 0.4) is 0 Å². The van der Waals surface area contributed by atoms with Crippen LogP contribution in [0.2, 0.25) is 0 Å². The van der Waals surface area contributed by atoms with Crippen LogP contribution in [-0.4, -0.2) is 29.1 Å². The third-order valence-corrected chi connectivity index (χ3v) is 4.65. The molecule has 2 aliphatic rings. The molecule has 3 rings (SSSR count). The minimum Gasteiger partial charge on any atom is -0.481 e. The standard InChI is InChI=1S/C19H21NO5/c21-16-9-3-1-2-7-13(11-17(22)23)19(24)25-15-10-12-6-4-5-8-14(12)18(15)20-16/h1-2,4-6,8,13,15,18H,3,7,9-11H2,(H,20,21)(H,22,23)/b2-1+/t13-,15-,18+/m0/s1. The number of rotatable bonds is 2. The van der Waals surface area contributed by atoms with E-state index in [0.717, 1.165) is 11.1 Å². The van der Waals surface area contributed by atoms with Gasteiger partial charge >= 0.3 is 11.9 Å². The molecule has 3 atom stereocenters. The van der Waals surface area contributed by atoms with Gasteiger partial charge in [0.1, 0.15) is 6.10 Å². The minimum atomic E-state index is -1.03. The monoisotopic (exact) mass is 343 g/mol. The first-order valence-electron chi connectivity index (χ1n) is 8.49. The molecule has 1 aromatic carbocycles. The predicted octanol–water partition coefficient (Wildman–Crippen LogP) is 2.14. The van der Waals surface area contributed by atoms with Gasteiger partial charge in [-0.2, -0.15) is 0 Å². The van der Waals surface area contributed by atoms with Crippen LogP contribution in [0.25, 0.3) is 0 Å². The molecule has 1 aliphatic heterocycles. The number of carbonyl (C=O) groups is 3. The lowest BCUT2D eigenvalue weighted by Crippen LogP contribution is -2.37. The first-order valence-corrected chi connectivity index (χ1v) is 8.49. The van der Waals surface area contributed by atoms with Crippen molar-refractivity contribution in [2.75, 3.05) is 0 Å². The molecule has 1 amide bonds. The molecule has 0 saturated carbocycles. The predicted molar refractivity (Wildman–Crippen MR) is 89.6 cm³/mol. The number of carbonyl (C=O) groups excluding carboxylic acids is 2. The average Bonchev–Trinajstić information content (AvgIpc) is 2.89. The third kappa shape index (κ3) is 4.07. The van der Waals surface area contributed by atoms with Crippen molar-refractivity contribution in [3.05, 3.63) is 47.5 Å². The number of fused-ring (bicyclic) bond motifs is 3. The highest BCUT2D eigenvalue weighted by Crippen LogP contribution is 2.34. The second-order valence-corrected chi connectivity index (χ2v) is 6.46. The van der Waals surface area contributed by atoms with E-state index in [4.69, 9.17) is 9.84 Å². The van der Waals surface area contributed by atoms with Crippen LogP contribution < -0.4 is 5.32 Å². The number of benzene rings is 1. The summed E-state index contributed by atoms with van der Waals surface area (Å²) in [6.07, 6.45) is 4.51. The molecule has 0 fully saturated rings. The second-order valence-electron chi connectivity index (χ2n) is 6.46. The fraction of sp³-hybridized carbons (Fsp3) is 0.421. The summed E-state index contributed by atoms with van der Waals surface area (Å²) in [6.45, 7) is 0. The molecule has 132 valence electrons. The molecule has 1 heterocycles. The highest BCUT2D eigenvalue weighted by molar-refractivity contribution is 5.80. The maximum absolute atomic E-state index is 12.5. The second kappa shape index (κ2) is 7.51. The quantitative estimate of drug-likeness (QED) is 0.634. The van der Waals surface area contributed by atoms with Gasteiger partial charge in [0, 0.05) is 12.8 Å². The van der Waals surface area contributed by atoms with Crippen LogP contribution in [0.4, 0.5) is 0 Å². The van der Waals surface area contributed by atoms with E-state index in [9.17, 15) is 14.4 Å². The topological polar surface area (TPSA) is 92.7 Å². The summed E-state index contributed by atoms with van der Waals surface area (Å²) in [7, 11) is 0. The van der Waals surface area contributed by atoms with Gasteiger partial charge in [-0.25, -0.2) is 0 Å². The zero-order chi connectivity index (χ0) is 17.8. The number of carboxylic acid groups (broad SMARTS) is 1. The number of carboxylic acids is 1. The van der Waals surface area contributed by atoms with Crippen LogP contribution in [-0.2, 0) is 25.5 Å². The number of aliphatic carboxylic acids is 1. The molecule has 6 heteroatoms. The highest BCUT2D eigenvalue weighted by Gasteiger charge is 2.37. The van der Waals surface area contributed by atoms with E-state index >= 15 is 0 Å². The summed E-state index contributed by atoms with van der Waals surface area (Å²) in [4.78, 5) is 35.7. The van der Waals surface area contributed by atoms with E-state index in [0.29, 0.717) is 25.7 Å². The molecular formula is C19H21NO5. The number of amides is 1. The van der Waals surface area contributed by atoms with Gasteiger partial charge in [0.25, 0.3) is 0 Å². The Morgan fingerprint density at radius 2 is 2.04 bits per heavy atom. The summed E-state index contributed by atoms with van der Waals surface area (Å²) in [6, 6.07) is 7.29. The lowest BCUT2D eigenvalue weighted by molar-refractivity contribution is -0.159. The Hall–Kier alpha value is -2.63. The zero-order valence-corrected chi connectivity index (χ0v) is 13.8. The maximum atomic E-state index is 12.5. The number of nitrogens with one attached hydrogen (secondary N) is 1. The fourth-order valence-electron chi connectivity index (χ4n) is 3.40. The Balaban J connectivity index is 1.86. The van der Waals surface area contributed by atoms with Gasteiger partial charge in [0.05, 0.1) is 18.4 Å². The fourth-order valence-corrected chi connectivity index (χ4v) is 3.40. The molecule has 6 nitrogen and oxygen atoms in total. The van der Waals surface area contributed by atoms with E-state index in [1.54, 1.807) is 6.08 Å². The van der Waals surface area contributed by atoms with Crippen molar-refractivity contribution in [1.29, 1.82) is 0 Å². The Labute approximate surface area is 145 Å². The minimum absolute atomic E-state index is 0.0879. The van der Waals surface area contributed by atoms with Crippen molar-refractivity contribution in [1.82, 2.24) is 5.32 Å². The van der Waals surface area contributed by atoms with Crippen molar-refractivity contribution < 1.29 is 24.2 Å². The Kier molecular flexibility index (Phi) is 5.16. The summed E-state index contributed by atoms with van der Waals surface area (Å²) in [5, 5.41) is 12.0. The van der Waals surface area contributed by atoms with Gasteiger partial charge in [0.2, 0.25) is 5.91 Å². The molecule has 2 N–H and O–H groups in total. The van der Waals surface area contributed by atoms with E-state index in [1.807, 2.05) is 30.3 Å². The Morgan fingerprint density at radius 1 is 1.24 bits per heavy atom. The van der Waals surface area contributed by atoms with E-state index < -0.39 is 24.0 Å². The van der Waals surface area contributed by atoms with Crippen molar-refractivity contribution in [2.24, 2.45) is 5.92 Å². The SMILES string of the molecule is O=C(O)C[C@@H]1C/C=C/CCC(=O)N[C@@H]2c3ccccc3C[C@@H]2OC1=O. The number of esters is 1. The van der Waals surface area contributed by atoms with E-state index in [1.165, 1.54) is 0 Å². The van der Waals surface area contributed by atoms with Gasteiger partial charge in [-0.05, 0) is 24.0 Å². The average molecular weight is 343 g/mol. The summed E-state index contributed by atoms with van der Waals surface area (Å²) < 4.78 is 5.64. The summed E-state index contributed by atoms with van der Waals surface area (Å²) in [5.41, 5.74) is 1.99. The lowest BCUT2D eigenvalue weighted by atomic mass is 10.0. The molecule has 1 aliphatic carbocycles. The van der Waals surface area contributed by atoms with Crippen LogP contribution >= 0.6 is 0 Å². The van der Waals surface area contributed by atoms with Crippen molar-refractivity contribution in [3.8, 4) is 0 Å². The van der Waals surface area contributed by atoms with Crippen LogP contribution in [0.5, 0.6) is 0 Å². The van der Waals surface area contributed by atoms with Gasteiger partial charge < -0.3 is 15.2 Å². The van der Waals surface area contributed by atoms with Crippen molar-refractivity contribution in [2.45, 2.75) is 44.2 Å². The molecule has 0 spiro atoms. The largest absolute Gasteiger partial charge is 0.481 e. The Morgan fingerprint density at radius 3 is 2.84 bits per heavy atom. The van der Waals surface area contributed by atoms with Gasteiger partial charge in [-0.15, -0.1) is 0 Å². The summed E-state index contributed by atoms with van der Waals surface area (Å²) >= 11 is 0. The van der Waals surface area contributed by atoms with Crippen molar-refractivity contribution >= 4 is 17.8 Å². The first-order chi connectivity index (χ1) is 12.0. The first kappa shape index (κ1) is 17.2. The van der Waals surface area contributed by atoms with Crippen LogP contribution in [0.1, 0.15) is 42.9 Å². The number of hydrogen-bond donors (Lipinski definition) is 2. The number of hydrogen-bond acceptors (Lipinski definition) is 4.